The second-order valence-corrected chi connectivity index (χ2v) is 7.59. The van der Waals surface area contributed by atoms with Crippen molar-refractivity contribution in [3.05, 3.63) is 0 Å². The lowest BCUT2D eigenvalue weighted by molar-refractivity contribution is 0.137. The van der Waals surface area contributed by atoms with E-state index in [-0.39, 0.29) is 0 Å². The van der Waals surface area contributed by atoms with Gasteiger partial charge in [-0.25, -0.2) is 0 Å². The number of rotatable bonds is 8. The molecule has 0 radical (unpaired) electrons. The van der Waals surface area contributed by atoms with Gasteiger partial charge in [-0.2, -0.15) is 8.42 Å². The Bertz CT molecular complexity index is 320. The predicted octanol–water partition coefficient (Wildman–Crippen LogP) is 4.12. The van der Waals surface area contributed by atoms with Crippen molar-refractivity contribution < 1.29 is 13.0 Å². The monoisotopic (exact) mass is 321 g/mol. The number of hydrogen-bond acceptors (Lipinski definition) is 3. The largest absolute Gasteiger partial charge is 0.300 e. The van der Waals surface area contributed by atoms with Crippen LogP contribution in [-0.4, -0.2) is 43.3 Å². The van der Waals surface area contributed by atoms with Gasteiger partial charge in [0.15, 0.2) is 0 Å². The summed E-state index contributed by atoms with van der Waals surface area (Å²) in [6, 6.07) is 0.921. The van der Waals surface area contributed by atoms with Crippen molar-refractivity contribution in [1.29, 1.82) is 0 Å². The van der Waals surface area contributed by atoms with Crippen LogP contribution in [0.5, 0.6) is 0 Å². The molecule has 1 heterocycles. The molecule has 21 heavy (non-hydrogen) atoms. The van der Waals surface area contributed by atoms with Crippen molar-refractivity contribution in [2.45, 2.75) is 84.1 Å². The zero-order chi connectivity index (χ0) is 16.1. The fourth-order valence-electron chi connectivity index (χ4n) is 2.93. The van der Waals surface area contributed by atoms with Crippen LogP contribution < -0.4 is 0 Å². The number of hydrogen-bond donors (Lipinski definition) is 1. The first-order valence-electron chi connectivity index (χ1n) is 8.55. The molecular formula is C16H35NO3S. The molecule has 1 N–H and O–H groups in total. The van der Waals surface area contributed by atoms with Crippen LogP contribution in [0.2, 0.25) is 0 Å². The Hall–Kier alpha value is -0.130. The summed E-state index contributed by atoms with van der Waals surface area (Å²) in [7, 11) is -3.67. The third-order valence-electron chi connectivity index (χ3n) is 3.92. The second-order valence-electron chi connectivity index (χ2n) is 6.12. The van der Waals surface area contributed by atoms with Gasteiger partial charge in [0, 0.05) is 6.04 Å². The van der Waals surface area contributed by atoms with Crippen molar-refractivity contribution in [3.63, 3.8) is 0 Å². The summed E-state index contributed by atoms with van der Waals surface area (Å²) in [4.78, 5) is 2.78. The van der Waals surface area contributed by atoms with E-state index in [4.69, 9.17) is 4.55 Å². The third kappa shape index (κ3) is 14.6. The minimum Gasteiger partial charge on any atom is -0.300 e. The maximum absolute atomic E-state index is 9.19. The van der Waals surface area contributed by atoms with Gasteiger partial charge in [0.25, 0.3) is 10.1 Å². The third-order valence-corrected chi connectivity index (χ3v) is 3.92. The number of piperidine rings is 1. The first-order chi connectivity index (χ1) is 9.88. The van der Waals surface area contributed by atoms with E-state index in [1.807, 2.05) is 0 Å². The fourth-order valence-corrected chi connectivity index (χ4v) is 2.93. The summed E-state index contributed by atoms with van der Waals surface area (Å²) >= 11 is 0. The highest BCUT2D eigenvalue weighted by Crippen LogP contribution is 2.21. The molecule has 1 fully saturated rings. The molecule has 0 aromatic carbocycles. The molecule has 1 saturated heterocycles. The highest BCUT2D eigenvalue weighted by molar-refractivity contribution is 7.85. The summed E-state index contributed by atoms with van der Waals surface area (Å²) in [6.45, 7) is 7.36. The standard InChI is InChI=1S/C15H31N.CH4O3S/c1-3-5-6-7-9-13-16-14-10-8-12-15(16)11-4-2;1-5(2,3)4/h15H,3-14H2,1-2H3;1H3,(H,2,3,4). The van der Waals surface area contributed by atoms with Crippen LogP contribution in [0.1, 0.15) is 78.1 Å². The van der Waals surface area contributed by atoms with Gasteiger partial charge in [-0.15, -0.1) is 0 Å². The second kappa shape index (κ2) is 12.4. The van der Waals surface area contributed by atoms with Gasteiger partial charge in [-0.05, 0) is 38.8 Å². The molecule has 0 bridgehead atoms. The molecule has 0 aromatic heterocycles. The van der Waals surface area contributed by atoms with Crippen molar-refractivity contribution in [3.8, 4) is 0 Å². The van der Waals surface area contributed by atoms with Crippen molar-refractivity contribution in [2.24, 2.45) is 0 Å². The summed E-state index contributed by atoms with van der Waals surface area (Å²) in [5.74, 6) is 0. The Morgan fingerprint density at radius 2 is 1.67 bits per heavy atom. The molecule has 1 atom stereocenters. The van der Waals surface area contributed by atoms with Gasteiger partial charge in [-0.1, -0.05) is 52.4 Å². The summed E-state index contributed by atoms with van der Waals surface area (Å²) in [5.41, 5.74) is 0. The van der Waals surface area contributed by atoms with E-state index in [1.54, 1.807) is 0 Å². The number of unbranched alkanes of at least 4 members (excludes halogenated alkanes) is 4. The quantitative estimate of drug-likeness (QED) is 0.540. The van der Waals surface area contributed by atoms with E-state index in [2.05, 4.69) is 18.7 Å². The smallest absolute Gasteiger partial charge is 0.261 e. The lowest BCUT2D eigenvalue weighted by Gasteiger charge is -2.35. The molecule has 5 heteroatoms. The van der Waals surface area contributed by atoms with Crippen molar-refractivity contribution in [2.75, 3.05) is 19.3 Å². The molecular weight excluding hydrogens is 286 g/mol. The zero-order valence-corrected chi connectivity index (χ0v) is 15.0. The van der Waals surface area contributed by atoms with Crippen LogP contribution in [0.3, 0.4) is 0 Å². The normalized spacial score (nSPS) is 19.9. The summed E-state index contributed by atoms with van der Waals surface area (Å²) in [5, 5.41) is 0. The molecule has 1 unspecified atom stereocenters. The molecule has 0 spiro atoms. The van der Waals surface area contributed by atoms with Crippen LogP contribution in [0.25, 0.3) is 0 Å². The van der Waals surface area contributed by atoms with Gasteiger partial charge in [-0.3, -0.25) is 4.55 Å². The SMILES string of the molecule is CCCCCCCN1CCCCC1CCC.CS(=O)(=O)O. The zero-order valence-electron chi connectivity index (χ0n) is 14.2. The highest BCUT2D eigenvalue weighted by atomic mass is 32.2. The lowest BCUT2D eigenvalue weighted by Crippen LogP contribution is -2.39. The molecule has 128 valence electrons. The Morgan fingerprint density at radius 3 is 2.24 bits per heavy atom. The molecule has 0 aliphatic carbocycles. The lowest BCUT2D eigenvalue weighted by atomic mass is 9.98. The first-order valence-corrected chi connectivity index (χ1v) is 10.4. The van der Waals surface area contributed by atoms with Gasteiger partial charge in [0.2, 0.25) is 0 Å². The van der Waals surface area contributed by atoms with Gasteiger partial charge < -0.3 is 4.90 Å². The molecule has 0 saturated carbocycles. The molecule has 4 nitrogen and oxygen atoms in total. The molecule has 1 rings (SSSR count). The minimum absolute atomic E-state index is 0.715. The topological polar surface area (TPSA) is 57.6 Å². The Morgan fingerprint density at radius 1 is 1.05 bits per heavy atom. The maximum Gasteiger partial charge on any atom is 0.261 e. The number of likely N-dealkylation sites (tertiary alicyclic amines) is 1. The Kier molecular flexibility index (Phi) is 12.3. The van der Waals surface area contributed by atoms with E-state index in [0.717, 1.165) is 6.04 Å². The Labute approximate surface area is 132 Å². The predicted molar refractivity (Wildman–Crippen MR) is 90.4 cm³/mol. The Balaban J connectivity index is 0.000000690. The van der Waals surface area contributed by atoms with Crippen LogP contribution in [0.15, 0.2) is 0 Å². The van der Waals surface area contributed by atoms with Crippen LogP contribution in [0.4, 0.5) is 0 Å². The van der Waals surface area contributed by atoms with E-state index >= 15 is 0 Å². The van der Waals surface area contributed by atoms with Crippen molar-refractivity contribution in [1.82, 2.24) is 4.90 Å². The summed E-state index contributed by atoms with van der Waals surface area (Å²) in [6.07, 6.45) is 15.0. The van der Waals surface area contributed by atoms with E-state index in [0.29, 0.717) is 6.26 Å². The molecule has 0 aromatic rings. The van der Waals surface area contributed by atoms with Gasteiger partial charge >= 0.3 is 0 Å². The highest BCUT2D eigenvalue weighted by Gasteiger charge is 2.20. The molecule has 0 amide bonds. The average molecular weight is 322 g/mol. The van der Waals surface area contributed by atoms with E-state index in [1.165, 1.54) is 77.3 Å². The van der Waals surface area contributed by atoms with Crippen LogP contribution >= 0.6 is 0 Å². The van der Waals surface area contributed by atoms with E-state index in [9.17, 15) is 8.42 Å². The number of nitrogens with zero attached hydrogens (tertiary/aromatic N) is 1. The van der Waals surface area contributed by atoms with Crippen LogP contribution in [-0.2, 0) is 10.1 Å². The maximum atomic E-state index is 9.19. The van der Waals surface area contributed by atoms with Gasteiger partial charge in [0.05, 0.1) is 6.26 Å². The fraction of sp³-hybridized carbons (Fsp3) is 1.00. The first kappa shape index (κ1) is 20.9. The minimum atomic E-state index is -3.67. The molecule has 1 aliphatic rings. The molecule has 1 aliphatic heterocycles. The van der Waals surface area contributed by atoms with Gasteiger partial charge in [0.1, 0.15) is 0 Å². The van der Waals surface area contributed by atoms with Crippen LogP contribution in [0, 0.1) is 0 Å². The van der Waals surface area contributed by atoms with Crippen molar-refractivity contribution >= 4 is 10.1 Å². The van der Waals surface area contributed by atoms with E-state index < -0.39 is 10.1 Å². The average Bonchev–Trinajstić information content (AvgIpc) is 2.39. The summed E-state index contributed by atoms with van der Waals surface area (Å²) < 4.78 is 25.9.